The molecule has 0 aromatic heterocycles. The van der Waals surface area contributed by atoms with Gasteiger partial charge in [0.1, 0.15) is 0 Å². The Morgan fingerprint density at radius 3 is 2.03 bits per heavy atom. The van der Waals surface area contributed by atoms with Crippen LogP contribution in [0.15, 0.2) is 97.1 Å². The van der Waals surface area contributed by atoms with Gasteiger partial charge < -0.3 is 0 Å². The fourth-order valence-corrected chi connectivity index (χ4v) is 3.91. The number of hydrogen-bond donors (Lipinski definition) is 0. The van der Waals surface area contributed by atoms with Gasteiger partial charge in [-0.25, -0.2) is 0 Å². The van der Waals surface area contributed by atoms with Gasteiger partial charge in [-0.1, -0.05) is 103 Å². The van der Waals surface area contributed by atoms with Crippen LogP contribution in [0.5, 0.6) is 0 Å². The van der Waals surface area contributed by atoms with Crippen molar-refractivity contribution in [3.63, 3.8) is 0 Å². The predicted octanol–water partition coefficient (Wildman–Crippen LogP) is 7.03. The Morgan fingerprint density at radius 2 is 1.21 bits per heavy atom. The van der Waals surface area contributed by atoms with E-state index < -0.39 is 0 Å². The second kappa shape index (κ2) is 9.34. The molecule has 4 aromatic carbocycles. The summed E-state index contributed by atoms with van der Waals surface area (Å²) in [6.45, 7) is 0. The van der Waals surface area contributed by atoms with Crippen LogP contribution in [0.2, 0.25) is 0 Å². The van der Waals surface area contributed by atoms with Crippen molar-refractivity contribution in [3.8, 4) is 0 Å². The van der Waals surface area contributed by atoms with Crippen LogP contribution in [0, 0.1) is 0 Å². The van der Waals surface area contributed by atoms with Gasteiger partial charge in [0.2, 0.25) is 0 Å². The topological polar surface area (TPSA) is 17.1 Å². The van der Waals surface area contributed by atoms with Crippen LogP contribution in [-0.2, 0) is 12.8 Å². The maximum Gasteiger partial charge on any atom is 0.193 e. The lowest BCUT2D eigenvalue weighted by Gasteiger charge is -2.07. The monoisotopic (exact) mass is 378 g/mol. The molecule has 0 aliphatic carbocycles. The molecule has 0 spiro atoms. The number of rotatable bonds is 8. The fourth-order valence-electron chi connectivity index (χ4n) is 3.91. The largest absolute Gasteiger partial charge is 0.289 e. The highest BCUT2D eigenvalue weighted by atomic mass is 16.1. The van der Waals surface area contributed by atoms with E-state index >= 15 is 0 Å². The van der Waals surface area contributed by atoms with Crippen LogP contribution in [0.25, 0.3) is 10.8 Å². The van der Waals surface area contributed by atoms with Crippen molar-refractivity contribution in [2.24, 2.45) is 0 Å². The minimum absolute atomic E-state index is 0.0900. The number of hydrogen-bond acceptors (Lipinski definition) is 1. The van der Waals surface area contributed by atoms with Crippen LogP contribution in [0.3, 0.4) is 0 Å². The first kappa shape index (κ1) is 19.1. The predicted molar refractivity (Wildman–Crippen MR) is 122 cm³/mol. The molecule has 0 N–H and O–H groups in total. The molecule has 0 radical (unpaired) electrons. The second-order valence-electron chi connectivity index (χ2n) is 7.59. The smallest absolute Gasteiger partial charge is 0.193 e. The van der Waals surface area contributed by atoms with Crippen LogP contribution >= 0.6 is 0 Å². The molecule has 0 fully saturated rings. The number of carbonyl (C=O) groups excluding carboxylic acids is 1. The molecule has 0 aliphatic rings. The third-order valence-electron chi connectivity index (χ3n) is 5.54. The average Bonchev–Trinajstić information content (AvgIpc) is 2.79. The highest BCUT2D eigenvalue weighted by Gasteiger charge is 2.08. The minimum atomic E-state index is 0.0900. The van der Waals surface area contributed by atoms with Crippen LogP contribution < -0.4 is 0 Å². The van der Waals surface area contributed by atoms with Gasteiger partial charge in [0.05, 0.1) is 0 Å². The van der Waals surface area contributed by atoms with Gasteiger partial charge in [0.15, 0.2) is 5.78 Å². The van der Waals surface area contributed by atoms with Crippen molar-refractivity contribution in [2.45, 2.75) is 32.1 Å². The first-order valence-corrected chi connectivity index (χ1v) is 10.5. The molecule has 0 unspecified atom stereocenters. The number of ketones is 1. The van der Waals surface area contributed by atoms with E-state index in [9.17, 15) is 4.79 Å². The van der Waals surface area contributed by atoms with Gasteiger partial charge in [-0.05, 0) is 47.6 Å². The van der Waals surface area contributed by atoms with Gasteiger partial charge >= 0.3 is 0 Å². The Bertz CT molecular complexity index is 1070. The van der Waals surface area contributed by atoms with Crippen LogP contribution in [0.1, 0.15) is 46.3 Å². The highest BCUT2D eigenvalue weighted by molar-refractivity contribution is 6.08. The second-order valence-corrected chi connectivity index (χ2v) is 7.59. The number of fused-ring (bicyclic) bond motifs is 1. The summed E-state index contributed by atoms with van der Waals surface area (Å²) < 4.78 is 0. The maximum atomic E-state index is 12.5. The standard InChI is InChI=1S/C28H26O/c29-28(25-13-5-2-6-14-25)26-20-18-22(19-21-26)10-3-1-4-11-23-15-9-16-24-12-7-8-17-27(23)24/h2,5-9,12-21H,1,3-4,10-11H2. The molecule has 0 atom stereocenters. The quantitative estimate of drug-likeness (QED) is 0.238. The summed E-state index contributed by atoms with van der Waals surface area (Å²) in [6, 6.07) is 32.8. The number of aryl methyl sites for hydroxylation is 2. The van der Waals surface area contributed by atoms with E-state index in [4.69, 9.17) is 0 Å². The van der Waals surface area contributed by atoms with Crippen molar-refractivity contribution in [1.29, 1.82) is 0 Å². The first-order valence-electron chi connectivity index (χ1n) is 10.5. The number of benzene rings is 4. The lowest BCUT2D eigenvalue weighted by atomic mass is 9.98. The van der Waals surface area contributed by atoms with E-state index in [0.29, 0.717) is 0 Å². The summed E-state index contributed by atoms with van der Waals surface area (Å²) in [5, 5.41) is 2.71. The van der Waals surface area contributed by atoms with Gasteiger partial charge in [-0.2, -0.15) is 0 Å². The Kier molecular flexibility index (Phi) is 6.16. The molecule has 0 saturated carbocycles. The van der Waals surface area contributed by atoms with Gasteiger partial charge in [-0.15, -0.1) is 0 Å². The lowest BCUT2D eigenvalue weighted by Crippen LogP contribution is -2.01. The van der Waals surface area contributed by atoms with Crippen molar-refractivity contribution in [3.05, 3.63) is 119 Å². The van der Waals surface area contributed by atoms with E-state index in [-0.39, 0.29) is 5.78 Å². The molecule has 0 saturated heterocycles. The Balaban J connectivity index is 1.26. The van der Waals surface area contributed by atoms with Gasteiger partial charge in [0, 0.05) is 11.1 Å². The SMILES string of the molecule is O=C(c1ccccc1)c1ccc(CCCCCc2cccc3ccccc23)cc1. The van der Waals surface area contributed by atoms with Crippen molar-refractivity contribution in [2.75, 3.05) is 0 Å². The van der Waals surface area contributed by atoms with Gasteiger partial charge in [0.25, 0.3) is 0 Å². The third kappa shape index (κ3) is 4.81. The van der Waals surface area contributed by atoms with Crippen molar-refractivity contribution in [1.82, 2.24) is 0 Å². The molecular formula is C28H26O. The van der Waals surface area contributed by atoms with Crippen molar-refractivity contribution >= 4 is 16.6 Å². The number of carbonyl (C=O) groups is 1. The molecule has 4 rings (SSSR count). The molecule has 0 aliphatic heterocycles. The molecule has 0 heterocycles. The summed E-state index contributed by atoms with van der Waals surface area (Å²) in [6.07, 6.45) is 5.80. The summed E-state index contributed by atoms with van der Waals surface area (Å²) in [7, 11) is 0. The zero-order valence-corrected chi connectivity index (χ0v) is 16.7. The van der Waals surface area contributed by atoms with E-state index in [2.05, 4.69) is 54.6 Å². The summed E-state index contributed by atoms with van der Waals surface area (Å²) in [4.78, 5) is 12.5. The number of unbranched alkanes of at least 4 members (excludes halogenated alkanes) is 2. The van der Waals surface area contributed by atoms with Gasteiger partial charge in [-0.3, -0.25) is 4.79 Å². The molecule has 1 heteroatoms. The Labute approximate surface area is 173 Å². The molecule has 29 heavy (non-hydrogen) atoms. The molecular weight excluding hydrogens is 352 g/mol. The Hall–Kier alpha value is -3.19. The summed E-state index contributed by atoms with van der Waals surface area (Å²) in [5.74, 6) is 0.0900. The molecule has 1 nitrogen and oxygen atoms in total. The van der Waals surface area contributed by atoms with Crippen molar-refractivity contribution < 1.29 is 4.79 Å². The molecule has 0 amide bonds. The third-order valence-corrected chi connectivity index (χ3v) is 5.54. The molecule has 4 aromatic rings. The van der Waals surface area contributed by atoms with E-state index in [1.807, 2.05) is 42.5 Å². The summed E-state index contributed by atoms with van der Waals surface area (Å²) >= 11 is 0. The molecule has 0 bridgehead atoms. The minimum Gasteiger partial charge on any atom is -0.289 e. The first-order chi connectivity index (χ1) is 14.3. The van der Waals surface area contributed by atoms with E-state index in [0.717, 1.165) is 24.0 Å². The zero-order chi connectivity index (χ0) is 19.9. The van der Waals surface area contributed by atoms with E-state index in [1.165, 1.54) is 41.2 Å². The molecule has 144 valence electrons. The Morgan fingerprint density at radius 1 is 0.552 bits per heavy atom. The van der Waals surface area contributed by atoms with Crippen LogP contribution in [-0.4, -0.2) is 5.78 Å². The highest BCUT2D eigenvalue weighted by Crippen LogP contribution is 2.21. The fraction of sp³-hybridized carbons (Fsp3) is 0.179. The van der Waals surface area contributed by atoms with Crippen LogP contribution in [0.4, 0.5) is 0 Å². The summed E-state index contributed by atoms with van der Waals surface area (Å²) in [5.41, 5.74) is 4.26. The average molecular weight is 379 g/mol. The van der Waals surface area contributed by atoms with E-state index in [1.54, 1.807) is 0 Å². The lowest BCUT2D eigenvalue weighted by molar-refractivity contribution is 0.103. The normalized spacial score (nSPS) is 10.9. The zero-order valence-electron chi connectivity index (χ0n) is 16.7. The maximum absolute atomic E-state index is 12.5.